The third-order valence-corrected chi connectivity index (χ3v) is 7.27. The first kappa shape index (κ1) is 20.2. The van der Waals surface area contributed by atoms with Crippen LogP contribution in [0.3, 0.4) is 0 Å². The zero-order chi connectivity index (χ0) is 19.8. The summed E-state index contributed by atoms with van der Waals surface area (Å²) in [6.45, 7) is 9.73. The fraction of sp³-hybridized carbons (Fsp3) is 0.900. The zero-order valence-electron chi connectivity index (χ0n) is 17.2. The lowest BCUT2D eigenvalue weighted by Crippen LogP contribution is -2.62. The fourth-order valence-corrected chi connectivity index (χ4v) is 5.96. The van der Waals surface area contributed by atoms with Gasteiger partial charge in [0, 0.05) is 44.3 Å². The maximum atomic E-state index is 12.1. The molecule has 0 aromatic carbocycles. The molecule has 3 aliphatic rings. The lowest BCUT2D eigenvalue weighted by atomic mass is 9.54. The van der Waals surface area contributed by atoms with Crippen molar-refractivity contribution in [1.82, 2.24) is 14.7 Å². The van der Waals surface area contributed by atoms with Crippen LogP contribution in [-0.4, -0.2) is 83.4 Å². The van der Waals surface area contributed by atoms with E-state index in [1.165, 1.54) is 7.11 Å². The minimum absolute atomic E-state index is 0.143. The summed E-state index contributed by atoms with van der Waals surface area (Å²) in [5.41, 5.74) is 0.199. The molecular weight excluding hydrogens is 346 g/mol. The van der Waals surface area contributed by atoms with Gasteiger partial charge >= 0.3 is 12.2 Å². The Morgan fingerprint density at radius 1 is 1.26 bits per heavy atom. The van der Waals surface area contributed by atoms with Crippen molar-refractivity contribution in [3.8, 4) is 0 Å². The van der Waals surface area contributed by atoms with Crippen molar-refractivity contribution in [2.45, 2.75) is 71.0 Å². The first-order chi connectivity index (χ1) is 12.8. The summed E-state index contributed by atoms with van der Waals surface area (Å²) >= 11 is 0. The van der Waals surface area contributed by atoms with E-state index in [1.807, 2.05) is 18.7 Å². The molecule has 0 aromatic rings. The third-order valence-electron chi connectivity index (χ3n) is 7.27. The molecule has 0 aromatic heterocycles. The van der Waals surface area contributed by atoms with Gasteiger partial charge in [-0.3, -0.25) is 4.90 Å². The monoisotopic (exact) mass is 381 g/mol. The number of carbonyl (C=O) groups is 2. The second kappa shape index (κ2) is 7.86. The molecule has 154 valence electrons. The highest BCUT2D eigenvalue weighted by atomic mass is 16.5. The van der Waals surface area contributed by atoms with Crippen molar-refractivity contribution in [3.05, 3.63) is 0 Å². The molecule has 2 heterocycles. The summed E-state index contributed by atoms with van der Waals surface area (Å²) in [5, 5.41) is 9.30. The molecular formula is C20H35N3O4. The Kier molecular flexibility index (Phi) is 5.89. The molecule has 2 saturated heterocycles. The maximum absolute atomic E-state index is 12.1. The van der Waals surface area contributed by atoms with Gasteiger partial charge in [-0.05, 0) is 50.9 Å². The number of nitrogens with zero attached hydrogens (tertiary/aromatic N) is 3. The lowest BCUT2D eigenvalue weighted by Gasteiger charge is -2.58. The van der Waals surface area contributed by atoms with Crippen LogP contribution in [0, 0.1) is 11.3 Å². The number of rotatable bonds is 4. The quantitative estimate of drug-likeness (QED) is 0.810. The normalized spacial score (nSPS) is 32.0. The van der Waals surface area contributed by atoms with Crippen molar-refractivity contribution in [1.29, 1.82) is 0 Å². The summed E-state index contributed by atoms with van der Waals surface area (Å²) in [7, 11) is 1.45. The predicted octanol–water partition coefficient (Wildman–Crippen LogP) is 3.10. The van der Waals surface area contributed by atoms with Gasteiger partial charge < -0.3 is 19.6 Å². The number of amides is 2. The van der Waals surface area contributed by atoms with E-state index in [1.54, 1.807) is 4.90 Å². The van der Waals surface area contributed by atoms with Gasteiger partial charge in [-0.1, -0.05) is 13.3 Å². The molecule has 7 heteroatoms. The number of hydrogen-bond donors (Lipinski definition) is 1. The molecule has 2 amide bonds. The Labute approximate surface area is 162 Å². The van der Waals surface area contributed by atoms with Crippen molar-refractivity contribution in [2.24, 2.45) is 11.3 Å². The number of carbonyl (C=O) groups excluding carboxylic acids is 1. The molecule has 3 rings (SSSR count). The Balaban J connectivity index is 1.57. The zero-order valence-corrected chi connectivity index (χ0v) is 17.2. The number of methoxy groups -OCH3 is 1. The molecule has 0 bridgehead atoms. The van der Waals surface area contributed by atoms with Gasteiger partial charge in [0.1, 0.15) is 0 Å². The molecule has 0 radical (unpaired) electrons. The number of piperidine rings is 1. The van der Waals surface area contributed by atoms with E-state index in [2.05, 4.69) is 11.8 Å². The first-order valence-electron chi connectivity index (χ1n) is 10.4. The number of hydrogen-bond acceptors (Lipinski definition) is 4. The summed E-state index contributed by atoms with van der Waals surface area (Å²) < 4.78 is 4.98. The van der Waals surface area contributed by atoms with E-state index in [9.17, 15) is 14.7 Å². The van der Waals surface area contributed by atoms with Crippen LogP contribution in [0.1, 0.15) is 52.9 Å². The maximum Gasteiger partial charge on any atom is 0.409 e. The van der Waals surface area contributed by atoms with Gasteiger partial charge in [0.25, 0.3) is 0 Å². The second-order valence-electron chi connectivity index (χ2n) is 8.84. The Morgan fingerprint density at radius 2 is 1.93 bits per heavy atom. The third kappa shape index (κ3) is 3.62. The van der Waals surface area contributed by atoms with Crippen molar-refractivity contribution < 1.29 is 19.4 Å². The minimum Gasteiger partial charge on any atom is -0.465 e. The second-order valence-corrected chi connectivity index (χ2v) is 8.84. The minimum atomic E-state index is -0.775. The van der Waals surface area contributed by atoms with Crippen LogP contribution in [0.4, 0.5) is 9.59 Å². The Bertz CT molecular complexity index is 561. The van der Waals surface area contributed by atoms with Gasteiger partial charge in [0.2, 0.25) is 0 Å². The van der Waals surface area contributed by atoms with Gasteiger partial charge in [0.05, 0.1) is 7.11 Å². The molecule has 3 fully saturated rings. The van der Waals surface area contributed by atoms with Crippen LogP contribution in [0.25, 0.3) is 0 Å². The standard InChI is InChI=1S/C20H35N3O4/c1-5-16-17(12-20(16)8-11-22(13-20)18(24)25)21-9-6-15(7-10-21)23(14(2)3)19(26)27-4/h14-17H,5-13H2,1-4H3,(H,24,25). The van der Waals surface area contributed by atoms with Crippen molar-refractivity contribution in [3.63, 3.8) is 0 Å². The molecule has 2 aliphatic heterocycles. The van der Waals surface area contributed by atoms with Crippen molar-refractivity contribution in [2.75, 3.05) is 33.3 Å². The molecule has 1 saturated carbocycles. The van der Waals surface area contributed by atoms with E-state index in [-0.39, 0.29) is 23.6 Å². The average molecular weight is 382 g/mol. The smallest absolute Gasteiger partial charge is 0.409 e. The number of likely N-dealkylation sites (tertiary alicyclic amines) is 2. The average Bonchev–Trinajstić information content (AvgIpc) is 3.08. The molecule has 1 spiro atoms. The van der Waals surface area contributed by atoms with Gasteiger partial charge in [0.15, 0.2) is 0 Å². The van der Waals surface area contributed by atoms with Crippen LogP contribution < -0.4 is 0 Å². The highest BCUT2D eigenvalue weighted by Crippen LogP contribution is 2.56. The molecule has 7 nitrogen and oxygen atoms in total. The number of carboxylic acid groups (broad SMARTS) is 1. The first-order valence-corrected chi connectivity index (χ1v) is 10.4. The van der Waals surface area contributed by atoms with Gasteiger partial charge in [-0.25, -0.2) is 9.59 Å². The van der Waals surface area contributed by atoms with E-state index >= 15 is 0 Å². The van der Waals surface area contributed by atoms with E-state index in [0.29, 0.717) is 25.0 Å². The predicted molar refractivity (Wildman–Crippen MR) is 103 cm³/mol. The summed E-state index contributed by atoms with van der Waals surface area (Å²) in [4.78, 5) is 29.5. The largest absolute Gasteiger partial charge is 0.465 e. The Hall–Kier alpha value is -1.50. The SMILES string of the molecule is CCC1C(N2CCC(N(C(=O)OC)C(C)C)CC2)CC12CCN(C(=O)O)C2. The Morgan fingerprint density at radius 3 is 2.41 bits per heavy atom. The van der Waals surface area contributed by atoms with Crippen LogP contribution in [0.15, 0.2) is 0 Å². The van der Waals surface area contributed by atoms with Crippen LogP contribution in [0.2, 0.25) is 0 Å². The summed E-state index contributed by atoms with van der Waals surface area (Å²) in [6.07, 6.45) is 4.19. The van der Waals surface area contributed by atoms with Gasteiger partial charge in [-0.2, -0.15) is 0 Å². The van der Waals surface area contributed by atoms with Crippen LogP contribution >= 0.6 is 0 Å². The highest BCUT2D eigenvalue weighted by Gasteiger charge is 2.58. The molecule has 1 aliphatic carbocycles. The van der Waals surface area contributed by atoms with Crippen LogP contribution in [-0.2, 0) is 4.74 Å². The molecule has 27 heavy (non-hydrogen) atoms. The number of ether oxygens (including phenoxy) is 1. The summed E-state index contributed by atoms with van der Waals surface area (Å²) in [5.74, 6) is 0.584. The highest BCUT2D eigenvalue weighted by molar-refractivity contribution is 5.68. The topological polar surface area (TPSA) is 73.3 Å². The molecule has 1 N–H and O–H groups in total. The van der Waals surface area contributed by atoms with E-state index in [0.717, 1.165) is 45.2 Å². The van der Waals surface area contributed by atoms with E-state index < -0.39 is 6.09 Å². The van der Waals surface area contributed by atoms with Crippen molar-refractivity contribution >= 4 is 12.2 Å². The lowest BCUT2D eigenvalue weighted by molar-refractivity contribution is -0.0824. The molecule has 3 atom stereocenters. The fourth-order valence-electron chi connectivity index (χ4n) is 5.96. The van der Waals surface area contributed by atoms with E-state index in [4.69, 9.17) is 4.74 Å². The van der Waals surface area contributed by atoms with Crippen LogP contribution in [0.5, 0.6) is 0 Å². The summed E-state index contributed by atoms with van der Waals surface area (Å²) in [6, 6.07) is 0.956. The molecule has 3 unspecified atom stereocenters. The van der Waals surface area contributed by atoms with Gasteiger partial charge in [-0.15, -0.1) is 0 Å².